The summed E-state index contributed by atoms with van der Waals surface area (Å²) in [6, 6.07) is 11.9. The fourth-order valence-corrected chi connectivity index (χ4v) is 3.29. The molecule has 0 bridgehead atoms. The summed E-state index contributed by atoms with van der Waals surface area (Å²) >= 11 is 6.16. The van der Waals surface area contributed by atoms with Gasteiger partial charge in [0.05, 0.1) is 5.69 Å². The Kier molecular flexibility index (Phi) is 3.83. The molecule has 2 nitrogen and oxygen atoms in total. The normalized spacial score (nSPS) is 16.2. The molecule has 0 unspecified atom stereocenters. The van der Waals surface area contributed by atoms with Crippen LogP contribution in [0.1, 0.15) is 18.9 Å². The number of hydrogen-bond acceptors (Lipinski definition) is 2. The van der Waals surface area contributed by atoms with Crippen LogP contribution in [-0.4, -0.2) is 9.88 Å². The van der Waals surface area contributed by atoms with Crippen molar-refractivity contribution in [2.24, 2.45) is 0 Å². The lowest BCUT2D eigenvalue weighted by Gasteiger charge is -2.29. The number of hydrogen-bond donors (Lipinski definition) is 0. The zero-order chi connectivity index (χ0) is 16.5. The largest absolute Gasteiger partial charge is 0.321 e. The summed E-state index contributed by atoms with van der Waals surface area (Å²) < 4.78 is 0. The van der Waals surface area contributed by atoms with Crippen molar-refractivity contribution in [2.75, 3.05) is 0 Å². The van der Waals surface area contributed by atoms with Crippen LogP contribution in [0.5, 0.6) is 0 Å². The Hall–Kier alpha value is -2.58. The van der Waals surface area contributed by atoms with Crippen molar-refractivity contribution >= 4 is 17.2 Å². The Labute approximate surface area is 147 Å². The van der Waals surface area contributed by atoms with Gasteiger partial charge in [-0.2, -0.15) is 0 Å². The molecule has 0 atom stereocenters. The van der Waals surface area contributed by atoms with Crippen LogP contribution in [0.25, 0.3) is 16.8 Å². The van der Waals surface area contributed by atoms with E-state index in [1.54, 1.807) is 0 Å². The minimum atomic E-state index is 0.720. The number of nitrogens with zero attached hydrogens (tertiary/aromatic N) is 2. The molecule has 0 spiro atoms. The zero-order valence-electron chi connectivity index (χ0n) is 13.4. The molecular weight excluding hydrogens is 316 g/mol. The fraction of sp³-hybridized carbons (Fsp3) is 0.0952. The molecule has 2 aliphatic heterocycles. The summed E-state index contributed by atoms with van der Waals surface area (Å²) in [7, 11) is 0. The minimum Gasteiger partial charge on any atom is -0.321 e. The lowest BCUT2D eigenvalue weighted by molar-refractivity contribution is 0.576. The van der Waals surface area contributed by atoms with Gasteiger partial charge in [-0.25, -0.2) is 0 Å². The molecule has 1 aromatic carbocycles. The number of rotatable bonds is 2. The third-order valence-corrected chi connectivity index (χ3v) is 4.55. The topological polar surface area (TPSA) is 16.1 Å². The van der Waals surface area contributed by atoms with Crippen molar-refractivity contribution in [1.82, 2.24) is 9.88 Å². The number of fused-ring (bicyclic) bond motifs is 1. The van der Waals surface area contributed by atoms with Crippen LogP contribution < -0.4 is 0 Å². The molecule has 2 aromatic rings. The van der Waals surface area contributed by atoms with Gasteiger partial charge in [-0.1, -0.05) is 48.0 Å². The van der Waals surface area contributed by atoms with Crippen LogP contribution in [0, 0.1) is 0 Å². The van der Waals surface area contributed by atoms with Crippen molar-refractivity contribution in [3.05, 3.63) is 95.1 Å². The smallest absolute Gasteiger partial charge is 0.0781 e. The van der Waals surface area contributed by atoms with Gasteiger partial charge in [0.1, 0.15) is 0 Å². The summed E-state index contributed by atoms with van der Waals surface area (Å²) in [5.41, 5.74) is 6.70. The van der Waals surface area contributed by atoms with Gasteiger partial charge in [0.15, 0.2) is 0 Å². The first-order valence-corrected chi connectivity index (χ1v) is 8.37. The second-order valence-corrected chi connectivity index (χ2v) is 6.34. The molecular formula is C21H17ClN2. The average molecular weight is 333 g/mol. The molecule has 118 valence electrons. The van der Waals surface area contributed by atoms with Gasteiger partial charge in [-0.15, -0.1) is 0 Å². The third kappa shape index (κ3) is 2.70. The van der Waals surface area contributed by atoms with Crippen molar-refractivity contribution in [3.63, 3.8) is 0 Å². The van der Waals surface area contributed by atoms with E-state index in [4.69, 9.17) is 11.6 Å². The van der Waals surface area contributed by atoms with Crippen LogP contribution >= 0.6 is 11.6 Å². The minimum absolute atomic E-state index is 0.720. The number of halogens is 1. The quantitative estimate of drug-likeness (QED) is 0.690. The van der Waals surface area contributed by atoms with E-state index in [9.17, 15) is 0 Å². The number of allylic oxidation sites excluding steroid dienone is 6. The lowest BCUT2D eigenvalue weighted by atomic mass is 9.97. The molecule has 0 fully saturated rings. The average Bonchev–Trinajstić information content (AvgIpc) is 2.62. The van der Waals surface area contributed by atoms with Crippen LogP contribution in [-0.2, 0) is 0 Å². The lowest BCUT2D eigenvalue weighted by Crippen LogP contribution is -2.18. The molecule has 0 saturated heterocycles. The van der Waals surface area contributed by atoms with Crippen molar-refractivity contribution < 1.29 is 0 Å². The van der Waals surface area contributed by atoms with Gasteiger partial charge in [0.25, 0.3) is 0 Å². The molecule has 0 aliphatic carbocycles. The molecule has 24 heavy (non-hydrogen) atoms. The second-order valence-electron chi connectivity index (χ2n) is 5.91. The van der Waals surface area contributed by atoms with Crippen LogP contribution in [0.3, 0.4) is 0 Å². The standard InChI is InChI=1S/C21H17ClN2/c1-15-5-2-8-19-11-10-17(14-24(15)19)20-9-4-12-23-21(20)16-6-3-7-18(22)13-16/h3-14H,2H2,1H3. The highest BCUT2D eigenvalue weighted by Crippen LogP contribution is 2.34. The highest BCUT2D eigenvalue weighted by atomic mass is 35.5. The molecule has 3 heteroatoms. The van der Waals surface area contributed by atoms with E-state index < -0.39 is 0 Å². The van der Waals surface area contributed by atoms with Gasteiger partial charge < -0.3 is 4.90 Å². The van der Waals surface area contributed by atoms with E-state index in [0.29, 0.717) is 0 Å². The molecule has 4 rings (SSSR count). The maximum Gasteiger partial charge on any atom is 0.0781 e. The van der Waals surface area contributed by atoms with E-state index in [0.717, 1.165) is 33.8 Å². The maximum atomic E-state index is 6.16. The molecule has 1 aromatic heterocycles. The zero-order valence-corrected chi connectivity index (χ0v) is 14.2. The Morgan fingerprint density at radius 3 is 2.88 bits per heavy atom. The van der Waals surface area contributed by atoms with Gasteiger partial charge in [0.2, 0.25) is 0 Å². The number of pyridine rings is 1. The Balaban J connectivity index is 1.81. The van der Waals surface area contributed by atoms with Crippen LogP contribution in [0.4, 0.5) is 0 Å². The summed E-state index contributed by atoms with van der Waals surface area (Å²) in [6.45, 7) is 2.14. The Morgan fingerprint density at radius 2 is 2.00 bits per heavy atom. The van der Waals surface area contributed by atoms with Gasteiger partial charge in [-0.3, -0.25) is 4.98 Å². The summed E-state index contributed by atoms with van der Waals surface area (Å²) in [4.78, 5) is 6.84. The predicted molar refractivity (Wildman–Crippen MR) is 100 cm³/mol. The SMILES string of the molecule is CC1=CCC=C2C=CC(c3cccnc3-c3cccc(Cl)c3)=CN12. The van der Waals surface area contributed by atoms with E-state index >= 15 is 0 Å². The highest BCUT2D eigenvalue weighted by Gasteiger charge is 2.17. The highest BCUT2D eigenvalue weighted by molar-refractivity contribution is 6.30. The molecule has 0 radical (unpaired) electrons. The van der Waals surface area contributed by atoms with Crippen molar-refractivity contribution in [3.8, 4) is 11.3 Å². The van der Waals surface area contributed by atoms with E-state index in [2.05, 4.69) is 53.4 Å². The number of benzene rings is 1. The van der Waals surface area contributed by atoms with Crippen LogP contribution in [0.15, 0.2) is 84.5 Å². The first-order chi connectivity index (χ1) is 11.7. The summed E-state index contributed by atoms with van der Waals surface area (Å²) in [5, 5.41) is 0.720. The third-order valence-electron chi connectivity index (χ3n) is 4.32. The van der Waals surface area contributed by atoms with E-state index in [1.807, 2.05) is 36.5 Å². The van der Waals surface area contributed by atoms with Gasteiger partial charge in [-0.05, 0) is 37.6 Å². The summed E-state index contributed by atoms with van der Waals surface area (Å²) in [5.74, 6) is 0. The van der Waals surface area contributed by atoms with Crippen molar-refractivity contribution in [1.29, 1.82) is 0 Å². The Bertz CT molecular complexity index is 919. The predicted octanol–water partition coefficient (Wildman–Crippen LogP) is 5.81. The van der Waals surface area contributed by atoms with Crippen LogP contribution in [0.2, 0.25) is 5.02 Å². The van der Waals surface area contributed by atoms with Gasteiger partial charge in [0, 0.05) is 45.5 Å². The first-order valence-electron chi connectivity index (χ1n) is 8.00. The Morgan fingerprint density at radius 1 is 1.08 bits per heavy atom. The molecule has 2 aliphatic rings. The van der Waals surface area contributed by atoms with Crippen molar-refractivity contribution in [2.45, 2.75) is 13.3 Å². The van der Waals surface area contributed by atoms with Gasteiger partial charge >= 0.3 is 0 Å². The summed E-state index contributed by atoms with van der Waals surface area (Å²) in [6.07, 6.45) is 13.8. The molecule has 0 N–H and O–H groups in total. The number of aromatic nitrogens is 1. The molecule has 0 amide bonds. The fourth-order valence-electron chi connectivity index (χ4n) is 3.10. The van der Waals surface area contributed by atoms with E-state index in [1.165, 1.54) is 11.4 Å². The molecule has 3 heterocycles. The maximum absolute atomic E-state index is 6.16. The van der Waals surface area contributed by atoms with E-state index in [-0.39, 0.29) is 0 Å². The first kappa shape index (κ1) is 15.0. The second kappa shape index (κ2) is 6.14. The molecule has 0 saturated carbocycles. The monoisotopic (exact) mass is 332 g/mol.